The van der Waals surface area contributed by atoms with Crippen LogP contribution in [0.3, 0.4) is 0 Å². The third-order valence-electron chi connectivity index (χ3n) is 5.19. The highest BCUT2D eigenvalue weighted by atomic mass is 127. The van der Waals surface area contributed by atoms with Crippen molar-refractivity contribution in [3.8, 4) is 0 Å². The molecule has 0 bridgehead atoms. The summed E-state index contributed by atoms with van der Waals surface area (Å²) in [5, 5.41) is 2.54. The number of hydrogen-bond acceptors (Lipinski definition) is 11. The Morgan fingerprint density at radius 1 is 0.652 bits per heavy atom. The van der Waals surface area contributed by atoms with Crippen LogP contribution in [0.4, 0.5) is 5.69 Å². The molecular weight excluding hydrogens is 1060 g/mol. The second kappa shape index (κ2) is 22.0. The smallest absolute Gasteiger partial charge is 0.321 e. The number of anilines is 1. The van der Waals surface area contributed by atoms with Gasteiger partial charge in [0, 0.05) is 3.57 Å². The number of halogens is 8. The summed E-state index contributed by atoms with van der Waals surface area (Å²) in [4.78, 5) is 88.0. The highest BCUT2D eigenvalue weighted by Gasteiger charge is 2.34. The van der Waals surface area contributed by atoms with Gasteiger partial charge in [0.15, 0.2) is 12.2 Å². The lowest BCUT2D eigenvalue weighted by Gasteiger charge is -2.31. The number of nitrogens with one attached hydrogen (secondary N) is 1. The van der Waals surface area contributed by atoms with E-state index in [1.807, 2.05) is 0 Å². The summed E-state index contributed by atoms with van der Waals surface area (Å²) in [7, 11) is 0. The maximum absolute atomic E-state index is 14.4. The minimum absolute atomic E-state index is 0.0479. The Labute approximate surface area is 328 Å². The van der Waals surface area contributed by atoms with Crippen LogP contribution in [0, 0.1) is 10.7 Å². The number of primary amides is 1. The molecule has 3 amide bonds. The highest BCUT2D eigenvalue weighted by molar-refractivity contribution is 14.1. The third kappa shape index (κ3) is 13.6. The maximum Gasteiger partial charge on any atom is 0.321 e. The molecule has 46 heavy (non-hydrogen) atoms. The molecule has 0 fully saturated rings. The second-order valence-corrected chi connectivity index (χ2v) is 13.0. The molecule has 0 aliphatic rings. The van der Waals surface area contributed by atoms with Crippen molar-refractivity contribution in [1.82, 2.24) is 4.90 Å². The maximum atomic E-state index is 14.4. The first-order valence-electron chi connectivity index (χ1n) is 12.2. The van der Waals surface area contributed by atoms with Gasteiger partial charge in [0.2, 0.25) is 5.91 Å². The zero-order valence-corrected chi connectivity index (χ0v) is 33.3. The minimum atomic E-state index is -1.36. The van der Waals surface area contributed by atoms with Crippen molar-refractivity contribution in [1.29, 1.82) is 0 Å². The van der Waals surface area contributed by atoms with Crippen molar-refractivity contribution in [2.24, 2.45) is 5.73 Å². The number of carbonyl (C=O) groups is 7. The SMILES string of the molecule is NC(=O)c1c(I)c(NC(=O)CCl)c(I)c(C(=O)N(CC(COC(=O)CCl)OC(=O)CCl)CC(COC(=O)CCl)OC(=O)CCl)c1I. The average Bonchev–Trinajstić information content (AvgIpc) is 3.02. The molecule has 0 saturated carbocycles. The summed E-state index contributed by atoms with van der Waals surface area (Å²) >= 11 is 33.1. The molecule has 0 spiro atoms. The van der Waals surface area contributed by atoms with Crippen molar-refractivity contribution >= 4 is 173 Å². The zero-order valence-electron chi connectivity index (χ0n) is 23.1. The summed E-state index contributed by atoms with van der Waals surface area (Å²) in [6.45, 7) is -2.25. The molecule has 3 N–H and O–H groups in total. The quantitative estimate of drug-likeness (QED) is 0.0949. The fourth-order valence-corrected chi connectivity index (χ4v) is 8.15. The van der Waals surface area contributed by atoms with E-state index in [9.17, 15) is 33.6 Å². The summed E-state index contributed by atoms with van der Waals surface area (Å²) in [5.41, 5.74) is 5.42. The van der Waals surface area contributed by atoms with Crippen molar-refractivity contribution < 1.29 is 52.5 Å². The standard InChI is InChI=1S/C24H23Cl5I3N3O11/c25-1-12(36)34-22-20(31)17(23(33)41)19(30)18(21(22)32)24(42)35(6-10(45-15(39)4-28)8-43-13(37)2-26)7-11(46-16(40)5-29)9-44-14(38)3-27/h10-11H,1-9H2,(H2,33,41)(H,34,36). The van der Waals surface area contributed by atoms with Gasteiger partial charge < -0.3 is 34.9 Å². The number of benzene rings is 1. The van der Waals surface area contributed by atoms with Crippen LogP contribution in [-0.2, 0) is 42.9 Å². The molecule has 0 aliphatic carbocycles. The van der Waals surface area contributed by atoms with Gasteiger partial charge in [-0.1, -0.05) is 0 Å². The molecule has 0 aromatic heterocycles. The van der Waals surface area contributed by atoms with E-state index in [-0.39, 0.29) is 27.5 Å². The number of esters is 4. The van der Waals surface area contributed by atoms with Crippen LogP contribution < -0.4 is 11.1 Å². The van der Waals surface area contributed by atoms with E-state index in [2.05, 4.69) is 5.32 Å². The number of nitrogens with two attached hydrogens (primary N) is 1. The van der Waals surface area contributed by atoms with E-state index in [0.717, 1.165) is 4.90 Å². The number of ether oxygens (including phenoxy) is 4. The van der Waals surface area contributed by atoms with Gasteiger partial charge in [-0.2, -0.15) is 0 Å². The Hall–Kier alpha value is -0.850. The number of rotatable bonds is 18. The first kappa shape index (κ1) is 43.2. The molecule has 256 valence electrons. The fourth-order valence-electron chi connectivity index (χ4n) is 3.37. The van der Waals surface area contributed by atoms with Gasteiger partial charge in [-0.05, 0) is 67.8 Å². The number of carbonyl (C=O) groups excluding carboxylic acids is 7. The first-order valence-corrected chi connectivity index (χ1v) is 18.2. The van der Waals surface area contributed by atoms with Crippen molar-refractivity contribution in [3.05, 3.63) is 21.8 Å². The minimum Gasteiger partial charge on any atom is -0.461 e. The molecule has 0 aliphatic heterocycles. The van der Waals surface area contributed by atoms with Gasteiger partial charge in [0.25, 0.3) is 11.8 Å². The predicted molar refractivity (Wildman–Crippen MR) is 193 cm³/mol. The number of nitrogens with zero attached hydrogens (tertiary/aromatic N) is 1. The topological polar surface area (TPSA) is 198 Å². The van der Waals surface area contributed by atoms with E-state index in [0.29, 0.717) is 0 Å². The molecule has 0 saturated heterocycles. The van der Waals surface area contributed by atoms with Crippen LogP contribution in [-0.4, -0.2) is 114 Å². The molecule has 0 heterocycles. The monoisotopic (exact) mass is 1080 g/mol. The molecular formula is C24H23Cl5I3N3O11. The van der Waals surface area contributed by atoms with Crippen LogP contribution in [0.5, 0.6) is 0 Å². The van der Waals surface area contributed by atoms with E-state index in [1.54, 1.807) is 67.8 Å². The van der Waals surface area contributed by atoms with Crippen molar-refractivity contribution in [3.63, 3.8) is 0 Å². The second-order valence-electron chi connectivity index (χ2n) is 8.45. The lowest BCUT2D eigenvalue weighted by Crippen LogP contribution is -2.47. The predicted octanol–water partition coefficient (Wildman–Crippen LogP) is 3.08. The van der Waals surface area contributed by atoms with E-state index < -0.39 is 110 Å². The molecule has 2 atom stereocenters. The fraction of sp³-hybridized carbons (Fsp3) is 0.458. The van der Waals surface area contributed by atoms with Gasteiger partial charge >= 0.3 is 23.9 Å². The number of alkyl halides is 5. The number of hydrogen-bond donors (Lipinski definition) is 2. The molecule has 2 unspecified atom stereocenters. The van der Waals surface area contributed by atoms with Gasteiger partial charge in [-0.15, -0.1) is 58.0 Å². The van der Waals surface area contributed by atoms with Crippen LogP contribution in [0.1, 0.15) is 20.7 Å². The molecule has 1 rings (SSSR count). The normalized spacial score (nSPS) is 11.9. The lowest BCUT2D eigenvalue weighted by atomic mass is 10.1. The average molecular weight is 1090 g/mol. The van der Waals surface area contributed by atoms with Gasteiger partial charge in [0.1, 0.15) is 42.6 Å². The van der Waals surface area contributed by atoms with Crippen LogP contribution >= 0.6 is 126 Å². The van der Waals surface area contributed by atoms with Crippen LogP contribution in [0.25, 0.3) is 0 Å². The van der Waals surface area contributed by atoms with Crippen molar-refractivity contribution in [2.75, 3.05) is 61.0 Å². The van der Waals surface area contributed by atoms with Crippen LogP contribution in [0.2, 0.25) is 0 Å². The highest BCUT2D eigenvalue weighted by Crippen LogP contribution is 2.36. The van der Waals surface area contributed by atoms with Crippen LogP contribution in [0.15, 0.2) is 0 Å². The molecule has 14 nitrogen and oxygen atoms in total. The lowest BCUT2D eigenvalue weighted by molar-refractivity contribution is -0.159. The molecule has 22 heteroatoms. The Kier molecular flexibility index (Phi) is 20.6. The van der Waals surface area contributed by atoms with E-state index >= 15 is 0 Å². The van der Waals surface area contributed by atoms with Gasteiger partial charge in [0.05, 0.1) is 37.0 Å². The summed E-state index contributed by atoms with van der Waals surface area (Å²) in [5.74, 6) is -8.83. The number of amides is 3. The van der Waals surface area contributed by atoms with Gasteiger partial charge in [-0.3, -0.25) is 33.6 Å². The largest absolute Gasteiger partial charge is 0.461 e. The Morgan fingerprint density at radius 3 is 1.43 bits per heavy atom. The Balaban J connectivity index is 3.88. The Bertz CT molecular complexity index is 1300. The summed E-state index contributed by atoms with van der Waals surface area (Å²) in [6.07, 6.45) is -2.72. The van der Waals surface area contributed by atoms with E-state index in [1.165, 1.54) is 0 Å². The molecule has 0 radical (unpaired) electrons. The zero-order chi connectivity index (χ0) is 35.1. The van der Waals surface area contributed by atoms with E-state index in [4.69, 9.17) is 82.7 Å². The van der Waals surface area contributed by atoms with Gasteiger partial charge in [-0.25, -0.2) is 0 Å². The molecule has 1 aromatic carbocycles. The van der Waals surface area contributed by atoms with Crippen molar-refractivity contribution in [2.45, 2.75) is 12.2 Å². The summed E-state index contributed by atoms with van der Waals surface area (Å²) < 4.78 is 21.0. The molecule has 1 aromatic rings. The summed E-state index contributed by atoms with van der Waals surface area (Å²) in [6, 6.07) is 0. The first-order chi connectivity index (χ1) is 21.6. The Morgan fingerprint density at radius 2 is 1.07 bits per heavy atom. The third-order valence-corrected chi connectivity index (χ3v) is 9.54.